The van der Waals surface area contributed by atoms with Gasteiger partial charge in [-0.15, -0.1) is 0 Å². The number of nitrogens with one attached hydrogen (secondary N) is 1. The van der Waals surface area contributed by atoms with Gasteiger partial charge in [0.2, 0.25) is 0 Å². The van der Waals surface area contributed by atoms with Crippen LogP contribution in [0.2, 0.25) is 0 Å². The maximum Gasteiger partial charge on any atom is 0.125 e. The first-order valence-electron chi connectivity index (χ1n) is 6.47. The largest absolute Gasteiger partial charge is 0.496 e. The second kappa shape index (κ2) is 6.64. The summed E-state index contributed by atoms with van der Waals surface area (Å²) in [5, 5.41) is 3.24. The molecule has 1 unspecified atom stereocenters. The van der Waals surface area contributed by atoms with Crippen LogP contribution in [0, 0.1) is 13.8 Å². The lowest BCUT2D eigenvalue weighted by Crippen LogP contribution is -2.18. The van der Waals surface area contributed by atoms with Crippen LogP contribution in [0.5, 0.6) is 11.5 Å². The van der Waals surface area contributed by atoms with Crippen molar-refractivity contribution >= 4 is 0 Å². The van der Waals surface area contributed by atoms with Gasteiger partial charge in [-0.25, -0.2) is 0 Å². The fourth-order valence-electron chi connectivity index (χ4n) is 2.39. The Labute approximate surface area is 110 Å². The van der Waals surface area contributed by atoms with Gasteiger partial charge in [0, 0.05) is 12.1 Å². The molecule has 0 radical (unpaired) electrons. The molecule has 0 saturated carbocycles. The van der Waals surface area contributed by atoms with Gasteiger partial charge in [0.05, 0.1) is 14.2 Å². The maximum atomic E-state index is 5.60. The van der Waals surface area contributed by atoms with Crippen molar-refractivity contribution < 1.29 is 9.47 Å². The minimum Gasteiger partial charge on any atom is -0.496 e. The molecule has 0 aromatic heterocycles. The van der Waals surface area contributed by atoms with Gasteiger partial charge in [-0.2, -0.15) is 0 Å². The third-order valence-electron chi connectivity index (χ3n) is 3.63. The zero-order chi connectivity index (χ0) is 13.7. The Hall–Kier alpha value is -1.22. The summed E-state index contributed by atoms with van der Waals surface area (Å²) in [4.78, 5) is 0. The summed E-state index contributed by atoms with van der Waals surface area (Å²) in [6, 6.07) is 2.12. The smallest absolute Gasteiger partial charge is 0.125 e. The van der Waals surface area contributed by atoms with Crippen LogP contribution < -0.4 is 14.8 Å². The van der Waals surface area contributed by atoms with Crippen molar-refractivity contribution in [3.8, 4) is 11.5 Å². The molecule has 1 aromatic carbocycles. The van der Waals surface area contributed by atoms with Crippen molar-refractivity contribution in [2.45, 2.75) is 33.1 Å². The molecule has 0 aliphatic heterocycles. The Morgan fingerprint density at radius 3 is 2.28 bits per heavy atom. The highest BCUT2D eigenvalue weighted by atomic mass is 16.5. The zero-order valence-corrected chi connectivity index (χ0v) is 12.4. The van der Waals surface area contributed by atoms with E-state index in [1.807, 2.05) is 7.05 Å². The molecule has 3 heteroatoms. The first kappa shape index (κ1) is 14.8. The van der Waals surface area contributed by atoms with E-state index >= 15 is 0 Å². The summed E-state index contributed by atoms with van der Waals surface area (Å²) in [6.07, 6.45) is 1.07. The number of rotatable bonds is 6. The Kier molecular flexibility index (Phi) is 5.48. The number of benzene rings is 1. The SMILES string of the molecule is CCC(CNC)c1cc(OC)c(C)c(C)c1OC. The zero-order valence-electron chi connectivity index (χ0n) is 12.4. The molecular weight excluding hydrogens is 226 g/mol. The van der Waals surface area contributed by atoms with Gasteiger partial charge < -0.3 is 14.8 Å². The molecule has 0 amide bonds. The van der Waals surface area contributed by atoms with Crippen LogP contribution >= 0.6 is 0 Å². The summed E-state index contributed by atoms with van der Waals surface area (Å²) >= 11 is 0. The lowest BCUT2D eigenvalue weighted by molar-refractivity contribution is 0.388. The predicted molar refractivity (Wildman–Crippen MR) is 76.0 cm³/mol. The summed E-state index contributed by atoms with van der Waals surface area (Å²) < 4.78 is 11.1. The highest BCUT2D eigenvalue weighted by Gasteiger charge is 2.19. The number of hydrogen-bond acceptors (Lipinski definition) is 3. The van der Waals surface area contributed by atoms with Crippen molar-refractivity contribution in [3.63, 3.8) is 0 Å². The summed E-state index contributed by atoms with van der Waals surface area (Å²) in [5.74, 6) is 2.38. The lowest BCUT2D eigenvalue weighted by Gasteiger charge is -2.22. The van der Waals surface area contributed by atoms with Crippen LogP contribution in [0.3, 0.4) is 0 Å². The maximum absolute atomic E-state index is 5.60. The third kappa shape index (κ3) is 2.78. The third-order valence-corrected chi connectivity index (χ3v) is 3.63. The van der Waals surface area contributed by atoms with Crippen molar-refractivity contribution in [3.05, 3.63) is 22.8 Å². The van der Waals surface area contributed by atoms with Gasteiger partial charge in [-0.1, -0.05) is 6.92 Å². The molecule has 0 aliphatic rings. The van der Waals surface area contributed by atoms with Gasteiger partial charge in [0.25, 0.3) is 0 Å². The number of ether oxygens (including phenoxy) is 2. The van der Waals surface area contributed by atoms with E-state index in [9.17, 15) is 0 Å². The Morgan fingerprint density at radius 1 is 1.17 bits per heavy atom. The van der Waals surface area contributed by atoms with Crippen molar-refractivity contribution in [2.24, 2.45) is 0 Å². The first-order chi connectivity index (χ1) is 8.60. The summed E-state index contributed by atoms with van der Waals surface area (Å²) in [7, 11) is 5.44. The van der Waals surface area contributed by atoms with Crippen LogP contribution in [-0.4, -0.2) is 27.8 Å². The average Bonchev–Trinajstić information content (AvgIpc) is 2.39. The molecule has 0 aliphatic carbocycles. The standard InChI is InChI=1S/C15H25NO2/c1-7-12(9-16-4)13-8-14(17-5)10(2)11(3)15(13)18-6/h8,12,16H,7,9H2,1-6H3. The van der Waals surface area contributed by atoms with E-state index < -0.39 is 0 Å². The van der Waals surface area contributed by atoms with E-state index in [2.05, 4.69) is 32.2 Å². The molecular formula is C15H25NO2. The second-order valence-electron chi connectivity index (χ2n) is 4.61. The lowest BCUT2D eigenvalue weighted by atomic mass is 9.91. The molecule has 102 valence electrons. The molecule has 18 heavy (non-hydrogen) atoms. The Morgan fingerprint density at radius 2 is 1.83 bits per heavy atom. The van der Waals surface area contributed by atoms with Crippen molar-refractivity contribution in [1.82, 2.24) is 5.32 Å². The minimum atomic E-state index is 0.443. The van der Waals surface area contributed by atoms with E-state index in [0.29, 0.717) is 5.92 Å². The van der Waals surface area contributed by atoms with E-state index in [1.54, 1.807) is 14.2 Å². The van der Waals surface area contributed by atoms with Crippen molar-refractivity contribution in [2.75, 3.05) is 27.8 Å². The number of hydrogen-bond donors (Lipinski definition) is 1. The topological polar surface area (TPSA) is 30.5 Å². The highest BCUT2D eigenvalue weighted by molar-refractivity contribution is 5.54. The van der Waals surface area contributed by atoms with Gasteiger partial charge in [0.1, 0.15) is 11.5 Å². The fraction of sp³-hybridized carbons (Fsp3) is 0.600. The first-order valence-corrected chi connectivity index (χ1v) is 6.47. The highest BCUT2D eigenvalue weighted by Crippen LogP contribution is 2.38. The molecule has 0 spiro atoms. The van der Waals surface area contributed by atoms with Gasteiger partial charge in [-0.05, 0) is 50.4 Å². The van der Waals surface area contributed by atoms with Gasteiger partial charge in [-0.3, -0.25) is 0 Å². The predicted octanol–water partition coefficient (Wildman–Crippen LogP) is 3.03. The quantitative estimate of drug-likeness (QED) is 0.843. The molecule has 1 aromatic rings. The van der Waals surface area contributed by atoms with Crippen LogP contribution in [0.1, 0.15) is 36.0 Å². The number of methoxy groups -OCH3 is 2. The molecule has 0 saturated heterocycles. The normalized spacial score (nSPS) is 12.3. The van der Waals surface area contributed by atoms with Gasteiger partial charge in [0.15, 0.2) is 0 Å². The van der Waals surface area contributed by atoms with Crippen LogP contribution in [0.25, 0.3) is 0 Å². The van der Waals surface area contributed by atoms with Crippen LogP contribution in [0.4, 0.5) is 0 Å². The Balaban J connectivity index is 3.35. The molecule has 0 fully saturated rings. The van der Waals surface area contributed by atoms with Gasteiger partial charge >= 0.3 is 0 Å². The molecule has 1 atom stereocenters. The fourth-order valence-corrected chi connectivity index (χ4v) is 2.39. The number of likely N-dealkylation sites (N-methyl/N-ethyl adjacent to an activating group) is 1. The molecule has 0 bridgehead atoms. The summed E-state index contributed by atoms with van der Waals surface area (Å²) in [6.45, 7) is 7.30. The van der Waals surface area contributed by atoms with E-state index in [0.717, 1.165) is 30.0 Å². The second-order valence-corrected chi connectivity index (χ2v) is 4.61. The van der Waals surface area contributed by atoms with Crippen molar-refractivity contribution in [1.29, 1.82) is 0 Å². The summed E-state index contributed by atoms with van der Waals surface area (Å²) in [5.41, 5.74) is 3.55. The molecule has 1 rings (SSSR count). The minimum absolute atomic E-state index is 0.443. The molecule has 1 N–H and O–H groups in total. The van der Waals surface area contributed by atoms with E-state index in [1.165, 1.54) is 11.1 Å². The molecule has 0 heterocycles. The van der Waals surface area contributed by atoms with E-state index in [4.69, 9.17) is 9.47 Å². The van der Waals surface area contributed by atoms with E-state index in [-0.39, 0.29) is 0 Å². The average molecular weight is 251 g/mol. The molecule has 3 nitrogen and oxygen atoms in total. The van der Waals surface area contributed by atoms with Crippen LogP contribution in [-0.2, 0) is 0 Å². The Bertz CT molecular complexity index is 402. The monoisotopic (exact) mass is 251 g/mol. The van der Waals surface area contributed by atoms with Crippen LogP contribution in [0.15, 0.2) is 6.07 Å².